The van der Waals surface area contributed by atoms with Gasteiger partial charge in [-0.3, -0.25) is 15.2 Å². The lowest BCUT2D eigenvalue weighted by molar-refractivity contribution is -0.118. The molecule has 1 aromatic carbocycles. The Morgan fingerprint density at radius 1 is 1.32 bits per heavy atom. The first-order valence-corrected chi connectivity index (χ1v) is 7.49. The molecule has 0 aliphatic carbocycles. The van der Waals surface area contributed by atoms with E-state index < -0.39 is 4.87 Å². The smallest absolute Gasteiger partial charge is 0.267 e. The molecule has 0 bridgehead atoms. The van der Waals surface area contributed by atoms with Crippen LogP contribution in [0.4, 0.5) is 5.69 Å². The minimum absolute atomic E-state index is 0.136. The number of ether oxygens (including phenoxy) is 1. The maximum atomic E-state index is 12.5. The van der Waals surface area contributed by atoms with Crippen molar-refractivity contribution in [1.29, 1.82) is 0 Å². The number of methoxy groups -OCH3 is 1. The Kier molecular flexibility index (Phi) is 2.83. The Balaban J connectivity index is 1.74. The predicted molar refractivity (Wildman–Crippen MR) is 84.8 cm³/mol. The molecule has 0 saturated heterocycles. The number of thioether (sulfide) groups is 1. The van der Waals surface area contributed by atoms with Gasteiger partial charge in [0, 0.05) is 29.2 Å². The summed E-state index contributed by atoms with van der Waals surface area (Å²) in [5.41, 5.74) is 5.46. The molecule has 2 aliphatic rings. The molecule has 1 atom stereocenters. The van der Waals surface area contributed by atoms with Crippen molar-refractivity contribution < 1.29 is 9.53 Å². The summed E-state index contributed by atoms with van der Waals surface area (Å²) >= 11 is 1.37. The second-order valence-electron chi connectivity index (χ2n) is 4.92. The third-order valence-corrected chi connectivity index (χ3v) is 4.97. The van der Waals surface area contributed by atoms with Crippen molar-refractivity contribution in [3.63, 3.8) is 0 Å². The summed E-state index contributed by atoms with van der Waals surface area (Å²) in [4.78, 5) is 15.7. The van der Waals surface area contributed by atoms with Gasteiger partial charge in [-0.1, -0.05) is 11.8 Å². The van der Waals surface area contributed by atoms with Crippen molar-refractivity contribution in [3.05, 3.63) is 53.9 Å². The largest absolute Gasteiger partial charge is 0.497 e. The summed E-state index contributed by atoms with van der Waals surface area (Å²) < 4.78 is 5.27. The average molecular weight is 312 g/mol. The van der Waals surface area contributed by atoms with Gasteiger partial charge in [0.05, 0.1) is 7.11 Å². The van der Waals surface area contributed by atoms with Crippen LogP contribution in [0, 0.1) is 0 Å². The summed E-state index contributed by atoms with van der Waals surface area (Å²) in [7, 11) is 1.60. The van der Waals surface area contributed by atoms with E-state index in [0.29, 0.717) is 5.75 Å². The number of fused-ring (bicyclic) bond motifs is 2. The number of carbonyl (C=O) groups excluding carboxylic acids is 1. The van der Waals surface area contributed by atoms with Crippen molar-refractivity contribution in [2.45, 2.75) is 4.87 Å². The number of carbonyl (C=O) groups is 1. The third kappa shape index (κ3) is 1.79. The van der Waals surface area contributed by atoms with Crippen molar-refractivity contribution in [2.75, 3.05) is 12.4 Å². The summed E-state index contributed by atoms with van der Waals surface area (Å²) in [6.07, 6.45) is 3.43. The van der Waals surface area contributed by atoms with Crippen LogP contribution in [-0.4, -0.2) is 23.0 Å². The van der Waals surface area contributed by atoms with Gasteiger partial charge in [0.1, 0.15) is 10.8 Å². The number of nitrogens with zero attached hydrogens (tertiary/aromatic N) is 2. The van der Waals surface area contributed by atoms with Gasteiger partial charge in [0.25, 0.3) is 5.91 Å². The van der Waals surface area contributed by atoms with Gasteiger partial charge in [-0.05, 0) is 30.3 Å². The lowest BCUT2D eigenvalue weighted by Gasteiger charge is -2.20. The first-order chi connectivity index (χ1) is 10.7. The summed E-state index contributed by atoms with van der Waals surface area (Å²) in [5, 5.41) is 7.96. The van der Waals surface area contributed by atoms with Gasteiger partial charge < -0.3 is 10.1 Å². The van der Waals surface area contributed by atoms with E-state index in [-0.39, 0.29) is 5.91 Å². The molecule has 0 fully saturated rings. The van der Waals surface area contributed by atoms with E-state index in [1.807, 2.05) is 30.3 Å². The van der Waals surface area contributed by atoms with E-state index >= 15 is 0 Å². The SMILES string of the molecule is COc1ccc2c(c1)C1(NN=C(c3cccnc3)S1)C(=O)N2. The first-order valence-electron chi connectivity index (χ1n) is 6.67. The van der Waals surface area contributed by atoms with E-state index in [9.17, 15) is 4.79 Å². The van der Waals surface area contributed by atoms with Gasteiger partial charge in [0.2, 0.25) is 4.87 Å². The van der Waals surface area contributed by atoms with Crippen LogP contribution in [0.15, 0.2) is 47.8 Å². The molecule has 22 heavy (non-hydrogen) atoms. The number of rotatable bonds is 2. The Hall–Kier alpha value is -2.54. The number of hydrogen-bond donors (Lipinski definition) is 2. The van der Waals surface area contributed by atoms with Gasteiger partial charge in [-0.15, -0.1) is 0 Å². The zero-order valence-corrected chi connectivity index (χ0v) is 12.5. The summed E-state index contributed by atoms with van der Waals surface area (Å²) in [6, 6.07) is 9.27. The van der Waals surface area contributed by atoms with Gasteiger partial charge in [0.15, 0.2) is 0 Å². The van der Waals surface area contributed by atoms with E-state index in [4.69, 9.17) is 4.74 Å². The molecule has 1 aromatic heterocycles. The quantitative estimate of drug-likeness (QED) is 0.886. The van der Waals surface area contributed by atoms with E-state index in [0.717, 1.165) is 21.9 Å². The van der Waals surface area contributed by atoms with Crippen LogP contribution in [0.25, 0.3) is 0 Å². The van der Waals surface area contributed by atoms with Crippen molar-refractivity contribution in [2.24, 2.45) is 5.10 Å². The summed E-state index contributed by atoms with van der Waals surface area (Å²) in [6.45, 7) is 0. The molecule has 2 N–H and O–H groups in total. The van der Waals surface area contributed by atoms with E-state index in [1.54, 1.807) is 19.5 Å². The number of amides is 1. The lowest BCUT2D eigenvalue weighted by Crippen LogP contribution is -2.39. The molecule has 1 spiro atoms. The second kappa shape index (κ2) is 4.74. The first kappa shape index (κ1) is 13.1. The highest BCUT2D eigenvalue weighted by Crippen LogP contribution is 2.48. The molecular formula is C15H12N4O2S. The van der Waals surface area contributed by atoms with Crippen LogP contribution in [0.3, 0.4) is 0 Å². The van der Waals surface area contributed by atoms with E-state index in [2.05, 4.69) is 20.8 Å². The van der Waals surface area contributed by atoms with Crippen molar-refractivity contribution >= 4 is 28.4 Å². The minimum atomic E-state index is -0.949. The monoisotopic (exact) mass is 312 g/mol. The van der Waals surface area contributed by atoms with Crippen LogP contribution in [0.2, 0.25) is 0 Å². The fraction of sp³-hybridized carbons (Fsp3) is 0.133. The highest BCUT2D eigenvalue weighted by Gasteiger charge is 2.52. The number of benzene rings is 1. The predicted octanol–water partition coefficient (Wildman–Crippen LogP) is 1.89. The molecule has 6 nitrogen and oxygen atoms in total. The molecule has 110 valence electrons. The molecule has 2 aliphatic heterocycles. The lowest BCUT2D eigenvalue weighted by atomic mass is 10.1. The van der Waals surface area contributed by atoms with Crippen LogP contribution >= 0.6 is 11.8 Å². The molecule has 1 unspecified atom stereocenters. The maximum absolute atomic E-state index is 12.5. The molecule has 7 heteroatoms. The molecule has 0 radical (unpaired) electrons. The number of pyridine rings is 1. The third-order valence-electron chi connectivity index (χ3n) is 3.65. The Morgan fingerprint density at radius 2 is 2.23 bits per heavy atom. The average Bonchev–Trinajstić information content (AvgIpc) is 3.12. The van der Waals surface area contributed by atoms with Crippen LogP contribution in [0.1, 0.15) is 11.1 Å². The highest BCUT2D eigenvalue weighted by molar-refractivity contribution is 8.16. The van der Waals surface area contributed by atoms with E-state index in [1.165, 1.54) is 11.8 Å². The Morgan fingerprint density at radius 3 is 3.00 bits per heavy atom. The molecule has 0 saturated carbocycles. The normalized spacial score (nSPS) is 22.0. The van der Waals surface area contributed by atoms with Gasteiger partial charge >= 0.3 is 0 Å². The standard InChI is InChI=1S/C15H12N4O2S/c1-21-10-4-5-12-11(7-10)15(14(20)17-12)19-18-13(22-15)9-3-2-6-16-8-9/h2-8,19H,1H3,(H,17,20). The molecular weight excluding hydrogens is 300 g/mol. The number of anilines is 1. The van der Waals surface area contributed by atoms with Crippen LogP contribution < -0.4 is 15.5 Å². The van der Waals surface area contributed by atoms with Crippen molar-refractivity contribution in [1.82, 2.24) is 10.4 Å². The Bertz CT molecular complexity index is 793. The minimum Gasteiger partial charge on any atom is -0.497 e. The van der Waals surface area contributed by atoms with Crippen molar-refractivity contribution in [3.8, 4) is 5.75 Å². The van der Waals surface area contributed by atoms with Crippen LogP contribution in [-0.2, 0) is 9.67 Å². The second-order valence-corrected chi connectivity index (χ2v) is 6.12. The van der Waals surface area contributed by atoms with Gasteiger partial charge in [-0.2, -0.15) is 5.10 Å². The molecule has 1 amide bonds. The summed E-state index contributed by atoms with van der Waals surface area (Å²) in [5.74, 6) is 0.565. The Labute approximate surface area is 131 Å². The molecule has 3 heterocycles. The fourth-order valence-corrected chi connectivity index (χ4v) is 3.66. The van der Waals surface area contributed by atoms with Gasteiger partial charge in [-0.25, -0.2) is 0 Å². The maximum Gasteiger partial charge on any atom is 0.267 e. The highest BCUT2D eigenvalue weighted by atomic mass is 32.2. The number of hydrogen-bond acceptors (Lipinski definition) is 6. The number of hydrazone groups is 1. The topological polar surface area (TPSA) is 75.6 Å². The van der Waals surface area contributed by atoms with Crippen LogP contribution in [0.5, 0.6) is 5.75 Å². The number of aromatic nitrogens is 1. The number of nitrogens with one attached hydrogen (secondary N) is 2. The zero-order chi connectivity index (χ0) is 15.2. The zero-order valence-electron chi connectivity index (χ0n) is 11.7. The fourth-order valence-electron chi connectivity index (χ4n) is 2.53. The molecule has 2 aromatic rings. The molecule has 4 rings (SSSR count).